The molecule has 0 aromatic carbocycles. The van der Waals surface area contributed by atoms with Crippen LogP contribution in [0.25, 0.3) is 0 Å². The molecule has 9 nitrogen and oxygen atoms in total. The third-order valence-corrected chi connectivity index (χ3v) is 3.16. The number of methoxy groups -OCH3 is 1. The molecule has 1 amide bonds. The normalized spacial score (nSPS) is 11.4. The number of carbonyl (C=O) groups excluding carboxylic acids is 1. The van der Waals surface area contributed by atoms with E-state index in [0.717, 1.165) is 0 Å². The average Bonchev–Trinajstić information content (AvgIpc) is 2.69. The molecule has 0 bridgehead atoms. The van der Waals surface area contributed by atoms with Crippen LogP contribution in [0, 0.1) is 0 Å². The molecule has 0 aromatic heterocycles. The molecule has 1 N–H and O–H groups in total. The number of nitrogens with one attached hydrogen (secondary N) is 1. The summed E-state index contributed by atoms with van der Waals surface area (Å²) >= 11 is 0. The largest absolute Gasteiger partial charge is 0.382 e. The van der Waals surface area contributed by atoms with E-state index in [-0.39, 0.29) is 5.91 Å². The van der Waals surface area contributed by atoms with E-state index < -0.39 is 0 Å². The lowest BCUT2D eigenvalue weighted by Crippen LogP contribution is -2.25. The molecule has 0 fully saturated rings. The molecule has 0 saturated carbocycles. The second-order valence-corrected chi connectivity index (χ2v) is 5.46. The maximum atomic E-state index is 11.1. The third-order valence-electron chi connectivity index (χ3n) is 3.16. The molecular weight excluding hydrogens is 370 g/mol. The summed E-state index contributed by atoms with van der Waals surface area (Å²) < 4.78 is 37.0. The van der Waals surface area contributed by atoms with Gasteiger partial charge >= 0.3 is 0 Å². The predicted molar refractivity (Wildman–Crippen MR) is 105 cm³/mol. The smallest absolute Gasteiger partial charge is 0.243 e. The van der Waals surface area contributed by atoms with Crippen LogP contribution in [0.4, 0.5) is 0 Å². The minimum absolute atomic E-state index is 0.112. The topological polar surface area (TPSA) is 93.7 Å². The Balaban J connectivity index is 3.04. The lowest BCUT2D eigenvalue weighted by Gasteiger charge is -2.08. The van der Waals surface area contributed by atoms with Gasteiger partial charge in [0.15, 0.2) is 0 Å². The molecular formula is C19H37NO8. The Morgan fingerprint density at radius 1 is 0.643 bits per heavy atom. The van der Waals surface area contributed by atoms with Crippen molar-refractivity contribution in [2.24, 2.45) is 0 Å². The van der Waals surface area contributed by atoms with Crippen molar-refractivity contribution in [1.29, 1.82) is 0 Å². The second-order valence-electron chi connectivity index (χ2n) is 5.46. The van der Waals surface area contributed by atoms with Crippen LogP contribution in [-0.4, -0.2) is 105 Å². The van der Waals surface area contributed by atoms with Crippen molar-refractivity contribution >= 4 is 5.91 Å². The van der Waals surface area contributed by atoms with Gasteiger partial charge in [0.25, 0.3) is 0 Å². The minimum Gasteiger partial charge on any atom is -0.382 e. The molecule has 0 unspecified atom stereocenters. The summed E-state index contributed by atoms with van der Waals surface area (Å²) in [7, 11) is 1.64. The first kappa shape index (κ1) is 26.9. The quantitative estimate of drug-likeness (QED) is 0.204. The van der Waals surface area contributed by atoms with Crippen LogP contribution in [0.5, 0.6) is 0 Å². The molecule has 9 heteroatoms. The Labute approximate surface area is 168 Å². The summed E-state index contributed by atoms with van der Waals surface area (Å²) in [6.45, 7) is 9.15. The molecule has 0 aliphatic heterocycles. The lowest BCUT2D eigenvalue weighted by molar-refractivity contribution is -0.116. The summed E-state index contributed by atoms with van der Waals surface area (Å²) in [5, 5.41) is 2.70. The highest BCUT2D eigenvalue weighted by Crippen LogP contribution is 1.85. The summed E-state index contributed by atoms with van der Waals surface area (Å²) in [6.07, 6.45) is 3.17. The van der Waals surface area contributed by atoms with Gasteiger partial charge in [-0.3, -0.25) is 4.79 Å². The van der Waals surface area contributed by atoms with Crippen LogP contribution in [-0.2, 0) is 38.0 Å². The molecule has 0 radical (unpaired) electrons. The van der Waals surface area contributed by atoms with Crippen molar-refractivity contribution < 1.29 is 38.0 Å². The van der Waals surface area contributed by atoms with Gasteiger partial charge in [0.05, 0.1) is 85.9 Å². The van der Waals surface area contributed by atoms with Gasteiger partial charge in [0.2, 0.25) is 5.91 Å². The molecule has 0 aliphatic carbocycles. The van der Waals surface area contributed by atoms with Crippen LogP contribution in [0.2, 0.25) is 0 Å². The van der Waals surface area contributed by atoms with E-state index in [9.17, 15) is 4.79 Å². The van der Waals surface area contributed by atoms with E-state index in [0.29, 0.717) is 92.4 Å². The summed E-state index contributed by atoms with van der Waals surface area (Å²) in [5.41, 5.74) is 0. The van der Waals surface area contributed by atoms with Gasteiger partial charge in [0, 0.05) is 13.7 Å². The molecule has 0 heterocycles. The number of hydrogen-bond acceptors (Lipinski definition) is 8. The molecule has 166 valence electrons. The zero-order valence-electron chi connectivity index (χ0n) is 17.3. The minimum atomic E-state index is -0.112. The van der Waals surface area contributed by atoms with Crippen molar-refractivity contribution in [2.75, 3.05) is 99.5 Å². The zero-order valence-corrected chi connectivity index (χ0v) is 17.3. The summed E-state index contributed by atoms with van der Waals surface area (Å²) in [4.78, 5) is 11.1. The SMILES string of the molecule is CC=CC(=O)NCCOCCOCCOCCOCCOCCOCCOC. The zero-order chi connectivity index (χ0) is 20.5. The van der Waals surface area contributed by atoms with Gasteiger partial charge in [0.1, 0.15) is 0 Å². The van der Waals surface area contributed by atoms with Gasteiger partial charge in [-0.2, -0.15) is 0 Å². The lowest BCUT2D eigenvalue weighted by atomic mass is 10.5. The third kappa shape index (κ3) is 23.0. The van der Waals surface area contributed by atoms with Crippen LogP contribution in [0.15, 0.2) is 12.2 Å². The van der Waals surface area contributed by atoms with Crippen molar-refractivity contribution in [3.05, 3.63) is 12.2 Å². The van der Waals surface area contributed by atoms with Gasteiger partial charge in [-0.25, -0.2) is 0 Å². The molecule has 0 spiro atoms. The Bertz CT molecular complexity index is 355. The molecule has 0 atom stereocenters. The Morgan fingerprint density at radius 2 is 1.00 bits per heavy atom. The highest BCUT2D eigenvalue weighted by molar-refractivity contribution is 5.87. The fourth-order valence-corrected chi connectivity index (χ4v) is 1.80. The number of carbonyl (C=O) groups is 1. The summed E-state index contributed by atoms with van der Waals surface area (Å²) in [5.74, 6) is -0.112. The van der Waals surface area contributed by atoms with E-state index in [1.807, 2.05) is 0 Å². The fraction of sp³-hybridized carbons (Fsp3) is 0.842. The van der Waals surface area contributed by atoms with Gasteiger partial charge < -0.3 is 38.5 Å². The molecule has 0 aromatic rings. The first-order valence-corrected chi connectivity index (χ1v) is 9.67. The molecule has 28 heavy (non-hydrogen) atoms. The summed E-state index contributed by atoms with van der Waals surface area (Å²) in [6, 6.07) is 0. The number of amides is 1. The van der Waals surface area contributed by atoms with E-state index in [1.54, 1.807) is 20.1 Å². The van der Waals surface area contributed by atoms with Crippen LogP contribution < -0.4 is 5.32 Å². The highest BCUT2D eigenvalue weighted by Gasteiger charge is 1.95. The molecule has 0 aliphatic rings. The molecule has 0 rings (SSSR count). The first-order chi connectivity index (χ1) is 13.8. The first-order valence-electron chi connectivity index (χ1n) is 9.67. The fourth-order valence-electron chi connectivity index (χ4n) is 1.80. The monoisotopic (exact) mass is 407 g/mol. The standard InChI is InChI=1S/C19H37NO8/c1-3-4-19(21)20-5-6-23-9-10-25-13-14-27-17-18-28-16-15-26-12-11-24-8-7-22-2/h3-4H,5-18H2,1-2H3,(H,20,21). The Kier molecular flexibility index (Phi) is 23.1. The van der Waals surface area contributed by atoms with Gasteiger partial charge in [-0.15, -0.1) is 0 Å². The molecule has 0 saturated heterocycles. The van der Waals surface area contributed by atoms with Crippen LogP contribution in [0.3, 0.4) is 0 Å². The number of rotatable bonds is 22. The Morgan fingerprint density at radius 3 is 1.36 bits per heavy atom. The van der Waals surface area contributed by atoms with Crippen molar-refractivity contribution in [1.82, 2.24) is 5.32 Å². The second kappa shape index (κ2) is 24.0. The van der Waals surface area contributed by atoms with Crippen molar-refractivity contribution in [3.63, 3.8) is 0 Å². The van der Waals surface area contributed by atoms with E-state index in [1.165, 1.54) is 6.08 Å². The maximum absolute atomic E-state index is 11.1. The Hall–Kier alpha value is -1.07. The number of hydrogen-bond donors (Lipinski definition) is 1. The van der Waals surface area contributed by atoms with E-state index >= 15 is 0 Å². The highest BCUT2D eigenvalue weighted by atomic mass is 16.6. The van der Waals surface area contributed by atoms with E-state index in [4.69, 9.17) is 33.2 Å². The van der Waals surface area contributed by atoms with E-state index in [2.05, 4.69) is 5.32 Å². The van der Waals surface area contributed by atoms with Crippen molar-refractivity contribution in [3.8, 4) is 0 Å². The maximum Gasteiger partial charge on any atom is 0.243 e. The average molecular weight is 408 g/mol. The van der Waals surface area contributed by atoms with Gasteiger partial charge in [-0.05, 0) is 13.0 Å². The number of ether oxygens (including phenoxy) is 7. The van der Waals surface area contributed by atoms with Gasteiger partial charge in [-0.1, -0.05) is 6.08 Å². The predicted octanol–water partition coefficient (Wildman–Crippen LogP) is 0.425. The van der Waals surface area contributed by atoms with Crippen molar-refractivity contribution in [2.45, 2.75) is 6.92 Å². The number of allylic oxidation sites excluding steroid dienone is 1. The van der Waals surface area contributed by atoms with Crippen LogP contribution >= 0.6 is 0 Å². The van der Waals surface area contributed by atoms with Crippen LogP contribution in [0.1, 0.15) is 6.92 Å².